The zero-order valence-corrected chi connectivity index (χ0v) is 48.4. The van der Waals surface area contributed by atoms with Gasteiger partial charge in [-0.2, -0.15) is 0 Å². The average Bonchev–Trinajstić information content (AvgIpc) is 3.25. The highest BCUT2D eigenvalue weighted by atomic mass is 127. The van der Waals surface area contributed by atoms with E-state index < -0.39 is 40.9 Å². The van der Waals surface area contributed by atoms with Gasteiger partial charge in [-0.25, -0.2) is 47.2 Å². The molecule has 3 heterocycles. The second-order valence-electron chi connectivity index (χ2n) is 12.7. The topological polar surface area (TPSA) is 201 Å². The van der Waals surface area contributed by atoms with Crippen LogP contribution in [0.3, 0.4) is 0 Å². The number of carbonyl (C=O) groups is 3. The summed E-state index contributed by atoms with van der Waals surface area (Å²) >= 11 is 21.6. The molecule has 3 aromatic carbocycles. The fourth-order valence-corrected chi connectivity index (χ4v) is 7.33. The lowest BCUT2D eigenvalue weighted by Gasteiger charge is -2.10. The maximum absolute atomic E-state index is 13.3. The summed E-state index contributed by atoms with van der Waals surface area (Å²) < 4.78 is 82.4. The number of oxime groups is 1. The standard InChI is InChI=1S/C15H10Br2F2N2O.C13H8Br2F2N2O.C13H7Br2F2NO.C2H4O2.CH3I.4CH4.ClH.H3NO/c1-8(22)20-13(15-12(16)2-3-14(17)21-15)6-9-4-10(18)7-11(19)5-9;14-10-1-2-12(15)18-13(10)11(19-20)5-7-3-8(16)6-9(17)4-7;14-10-1-2-12(15)18-13(10)11(19)5-7-3-8(16)6-9(17)4-7;1-2(3)4;1-2;;;;;;1-2/h2-7H,1H3,(H,20,22);1-4,6,20H,5H2;1-4,6H,5H2;1H3,(H,3,4);1H3;4*1H4;1H;2H,1H2/b13-6-;19-11-;;;;;;;;;. The largest absolute Gasteiger partial charge is 0.481 e. The molecule has 0 bridgehead atoms. The first-order valence-electron chi connectivity index (χ1n) is 18.4. The van der Waals surface area contributed by atoms with Gasteiger partial charge in [0.05, 0.1) is 5.70 Å². The van der Waals surface area contributed by atoms with Crippen molar-refractivity contribution in [2.75, 3.05) is 4.93 Å². The van der Waals surface area contributed by atoms with Gasteiger partial charge in [0.15, 0.2) is 5.78 Å². The molecule has 0 aliphatic heterocycles. The van der Waals surface area contributed by atoms with Crippen LogP contribution >= 0.6 is 131 Å². The number of hydrogen-bond donors (Lipinski definition) is 5. The van der Waals surface area contributed by atoms with Crippen LogP contribution in [0.15, 0.2) is 123 Å². The molecule has 74 heavy (non-hydrogen) atoms. The first-order chi connectivity index (χ1) is 32.5. The van der Waals surface area contributed by atoms with Gasteiger partial charge >= 0.3 is 0 Å². The van der Waals surface area contributed by atoms with Crippen molar-refractivity contribution in [3.63, 3.8) is 0 Å². The lowest BCUT2D eigenvalue weighted by atomic mass is 10.1. The van der Waals surface area contributed by atoms with Gasteiger partial charge in [-0.15, -0.1) is 12.4 Å². The fraction of sp³-hybridized carbons (Fsp3) is 0.188. The predicted molar refractivity (Wildman–Crippen MR) is 313 cm³/mol. The number of nitrogens with one attached hydrogen (secondary N) is 1. The van der Waals surface area contributed by atoms with E-state index in [9.17, 15) is 35.9 Å². The number of alkyl halides is 1. The van der Waals surface area contributed by atoms with Gasteiger partial charge in [0.1, 0.15) is 71.5 Å². The summed E-state index contributed by atoms with van der Waals surface area (Å²) in [6.07, 6.45) is 1.39. The van der Waals surface area contributed by atoms with E-state index in [0.29, 0.717) is 49.9 Å². The summed E-state index contributed by atoms with van der Waals surface area (Å²) in [4.78, 5) is 46.9. The molecule has 0 saturated heterocycles. The highest BCUT2D eigenvalue weighted by molar-refractivity contribution is 14.1. The first-order valence-corrected chi connectivity index (χ1v) is 25.3. The Kier molecular flexibility index (Phi) is 44.4. The maximum atomic E-state index is 13.3. The highest BCUT2D eigenvalue weighted by Gasteiger charge is 2.16. The number of carboxylic acid groups (broad SMARTS) is 1. The third-order valence-electron chi connectivity index (χ3n) is 7.44. The Labute approximate surface area is 496 Å². The molecule has 408 valence electrons. The molecule has 6 aromatic rings. The Bertz CT molecular complexity index is 2730. The van der Waals surface area contributed by atoms with E-state index in [-0.39, 0.29) is 89.2 Å². The number of benzene rings is 3. The third-order valence-corrected chi connectivity index (χ3v) is 10.7. The minimum atomic E-state index is -0.833. The van der Waals surface area contributed by atoms with E-state index in [0.717, 1.165) is 49.4 Å². The van der Waals surface area contributed by atoms with Crippen LogP contribution in [0.4, 0.5) is 26.3 Å². The van der Waals surface area contributed by atoms with Gasteiger partial charge in [0.25, 0.3) is 5.97 Å². The minimum Gasteiger partial charge on any atom is -0.481 e. The predicted octanol–water partition coefficient (Wildman–Crippen LogP) is 16.6. The molecule has 3 aromatic heterocycles. The second kappa shape index (κ2) is 41.5. The summed E-state index contributed by atoms with van der Waals surface area (Å²) in [5.41, 5.74) is 2.48. The Morgan fingerprint density at radius 3 is 1.26 bits per heavy atom. The van der Waals surface area contributed by atoms with E-state index in [1.54, 1.807) is 36.4 Å². The van der Waals surface area contributed by atoms with Crippen molar-refractivity contribution in [1.82, 2.24) is 20.3 Å². The monoisotopic (exact) mass is 1560 g/mol. The number of Topliss-reactive ketones (excluding diaryl/α,β-unsaturated/α-hetero) is 1. The zero-order valence-electron chi connectivity index (χ0n) is 35.9. The van der Waals surface area contributed by atoms with Gasteiger partial charge in [-0.05, 0) is 196 Å². The number of carbonyl (C=O) groups excluding carboxylic acids is 2. The van der Waals surface area contributed by atoms with Crippen LogP contribution in [0.25, 0.3) is 11.8 Å². The van der Waals surface area contributed by atoms with Crippen molar-refractivity contribution in [3.8, 4) is 0 Å². The van der Waals surface area contributed by atoms with Crippen LogP contribution in [0, 0.1) is 34.9 Å². The summed E-state index contributed by atoms with van der Waals surface area (Å²) in [6.45, 7) is 2.42. The maximum Gasteiger partial charge on any atom is 0.300 e. The van der Waals surface area contributed by atoms with E-state index in [1.165, 1.54) is 25.1 Å². The molecule has 0 spiro atoms. The van der Waals surface area contributed by atoms with E-state index in [1.807, 2.05) is 4.93 Å². The smallest absolute Gasteiger partial charge is 0.300 e. The van der Waals surface area contributed by atoms with Crippen molar-refractivity contribution in [2.24, 2.45) is 11.1 Å². The summed E-state index contributed by atoms with van der Waals surface area (Å²) in [5, 5.41) is 28.8. The van der Waals surface area contributed by atoms with Crippen molar-refractivity contribution >= 4 is 166 Å². The van der Waals surface area contributed by atoms with Crippen molar-refractivity contribution in [3.05, 3.63) is 187 Å². The number of ketones is 1. The first kappa shape index (κ1) is 79.2. The van der Waals surface area contributed by atoms with Crippen molar-refractivity contribution < 1.29 is 56.2 Å². The van der Waals surface area contributed by atoms with Crippen LogP contribution in [-0.2, 0) is 22.4 Å². The molecule has 0 aliphatic carbocycles. The molecule has 6 rings (SSSR count). The molecule has 0 fully saturated rings. The van der Waals surface area contributed by atoms with Gasteiger partial charge in [0, 0.05) is 58.3 Å². The van der Waals surface area contributed by atoms with Crippen LogP contribution in [0.2, 0.25) is 0 Å². The molecule has 12 nitrogen and oxygen atoms in total. The quantitative estimate of drug-likeness (QED) is 0.0136. The number of aliphatic carboxylic acids is 1. The Morgan fingerprint density at radius 1 is 0.581 bits per heavy atom. The summed E-state index contributed by atoms with van der Waals surface area (Å²) in [5.74, 6) is -2.15. The SMILES string of the molecule is C.C.C.C.CC(=O)N/C(=C\c1cc(F)cc(F)c1)c1nc(Br)ccc1Br.CC(=O)O.CI.Cl.NO.O/N=C(/Cc1cc(F)cc(F)c1)c1nc(Br)ccc1Br.O=C(Cc1cc(F)cc(F)c1)c1nc(Br)ccc1Br. The highest BCUT2D eigenvalue weighted by Crippen LogP contribution is 2.26. The number of nitrogens with two attached hydrogens (primary N) is 1. The number of amides is 1. The molecule has 0 unspecified atom stereocenters. The molecule has 0 aliphatic rings. The van der Waals surface area contributed by atoms with Crippen molar-refractivity contribution in [2.45, 2.75) is 56.4 Å². The number of hydrogen-bond acceptors (Lipinski definition) is 10. The van der Waals surface area contributed by atoms with Gasteiger partial charge in [-0.1, -0.05) is 57.5 Å². The van der Waals surface area contributed by atoms with Crippen LogP contribution < -0.4 is 11.2 Å². The summed E-state index contributed by atoms with van der Waals surface area (Å²) in [6, 6.07) is 19.5. The summed E-state index contributed by atoms with van der Waals surface area (Å²) in [7, 11) is 0. The van der Waals surface area contributed by atoms with E-state index in [4.69, 9.17) is 20.3 Å². The lowest BCUT2D eigenvalue weighted by molar-refractivity contribution is -0.134. The van der Waals surface area contributed by atoms with Gasteiger partial charge in [-0.3, -0.25) is 14.4 Å². The van der Waals surface area contributed by atoms with E-state index >= 15 is 0 Å². The molecule has 1 amide bonds. The minimum absolute atomic E-state index is 0. The van der Waals surface area contributed by atoms with Crippen LogP contribution in [-0.4, -0.2) is 58.8 Å². The fourth-order valence-electron chi connectivity index (χ4n) is 5.08. The molecule has 26 heteroatoms. The van der Waals surface area contributed by atoms with Gasteiger partial charge < -0.3 is 20.8 Å². The zero-order chi connectivity index (χ0) is 52.5. The lowest BCUT2D eigenvalue weighted by Crippen LogP contribution is -2.19. The number of pyridine rings is 3. The third kappa shape index (κ3) is 30.2. The molecule has 0 saturated carbocycles. The normalized spacial score (nSPS) is 9.76. The molecular weight excluding hydrogens is 1510 g/mol. The Hall–Kier alpha value is -3.67. The van der Waals surface area contributed by atoms with Crippen LogP contribution in [0.1, 0.15) is 82.1 Å². The number of aromatic nitrogens is 3. The number of carboxylic acids is 1. The number of halogens is 14. The van der Waals surface area contributed by atoms with Crippen molar-refractivity contribution in [1.29, 1.82) is 0 Å². The molecule has 6 N–H and O–H groups in total. The van der Waals surface area contributed by atoms with Gasteiger partial charge in [0.2, 0.25) is 5.91 Å². The number of rotatable bonds is 9. The molecule has 0 atom stereocenters. The Balaban J connectivity index is -0.000000291. The Morgan fingerprint density at radius 2 is 0.892 bits per heavy atom. The van der Waals surface area contributed by atoms with E-state index in [2.05, 4.69) is 149 Å². The molecular formula is C48H52Br6ClF6IN6O6. The van der Waals surface area contributed by atoms with Crippen LogP contribution in [0.5, 0.6) is 0 Å². The second-order valence-corrected chi connectivity index (χ2v) is 17.7. The number of nitrogens with zero attached hydrogens (tertiary/aromatic N) is 4. The molecule has 0 radical (unpaired) electrons. The average molecular weight is 1560 g/mol.